The van der Waals surface area contributed by atoms with Crippen LogP contribution in [0.4, 0.5) is 5.69 Å². The van der Waals surface area contributed by atoms with Gasteiger partial charge in [-0.2, -0.15) is 0 Å². The van der Waals surface area contributed by atoms with Gasteiger partial charge in [0.15, 0.2) is 0 Å². The lowest BCUT2D eigenvalue weighted by molar-refractivity contribution is 1.36. The zero-order chi connectivity index (χ0) is 14.3. The van der Waals surface area contributed by atoms with Gasteiger partial charge in [-0.1, -0.05) is 72.4 Å². The van der Waals surface area contributed by atoms with E-state index >= 15 is 0 Å². The minimum absolute atomic E-state index is 0.996. The van der Waals surface area contributed by atoms with Gasteiger partial charge in [0.1, 0.15) is 0 Å². The fourth-order valence-corrected chi connectivity index (χ4v) is 2.87. The van der Waals surface area contributed by atoms with Crippen molar-refractivity contribution in [2.75, 3.05) is 0 Å². The zero-order valence-electron chi connectivity index (χ0n) is 11.5. The average molecular weight is 289 g/mol. The summed E-state index contributed by atoms with van der Waals surface area (Å²) in [4.78, 5) is 7.01. The molecule has 0 bridgehead atoms. The van der Waals surface area contributed by atoms with Crippen molar-refractivity contribution in [1.82, 2.24) is 0 Å². The van der Waals surface area contributed by atoms with E-state index in [-0.39, 0.29) is 0 Å². The third-order valence-corrected chi connectivity index (χ3v) is 4.06. The predicted molar refractivity (Wildman–Crippen MR) is 90.7 cm³/mol. The van der Waals surface area contributed by atoms with Gasteiger partial charge < -0.3 is 0 Å². The lowest BCUT2D eigenvalue weighted by Gasteiger charge is -2.05. The molecule has 0 N–H and O–H groups in total. The Balaban J connectivity index is 1.84. The number of rotatable bonds is 4. The summed E-state index contributed by atoms with van der Waals surface area (Å²) in [5, 5.41) is 0. The smallest absolute Gasteiger partial charge is 0.0769 e. The molecule has 0 spiro atoms. The highest BCUT2D eigenvalue weighted by molar-refractivity contribution is 7.99. The van der Waals surface area contributed by atoms with Crippen molar-refractivity contribution in [2.24, 2.45) is 4.99 Å². The minimum Gasteiger partial charge on any atom is -0.255 e. The Morgan fingerprint density at radius 2 is 1.29 bits per heavy atom. The number of nitrogens with zero attached hydrogens (tertiary/aromatic N) is 1. The van der Waals surface area contributed by atoms with E-state index in [0.717, 1.165) is 16.1 Å². The molecule has 0 radical (unpaired) electrons. The summed E-state index contributed by atoms with van der Waals surface area (Å²) in [5.74, 6) is 0. The van der Waals surface area contributed by atoms with Crippen LogP contribution in [0.5, 0.6) is 0 Å². The highest BCUT2D eigenvalue weighted by Crippen LogP contribution is 2.34. The van der Waals surface area contributed by atoms with Crippen LogP contribution in [0.3, 0.4) is 0 Å². The van der Waals surface area contributed by atoms with Crippen molar-refractivity contribution in [3.8, 4) is 0 Å². The van der Waals surface area contributed by atoms with Gasteiger partial charge in [-0.05, 0) is 29.8 Å². The molecule has 0 aliphatic rings. The third-order valence-electron chi connectivity index (χ3n) is 2.99. The van der Waals surface area contributed by atoms with Gasteiger partial charge in [0.05, 0.1) is 5.69 Å². The molecule has 0 saturated carbocycles. The Morgan fingerprint density at radius 3 is 2.05 bits per heavy atom. The van der Waals surface area contributed by atoms with Crippen LogP contribution < -0.4 is 0 Å². The second-order valence-electron chi connectivity index (χ2n) is 4.55. The number of hydrogen-bond acceptors (Lipinski definition) is 2. The first-order valence-corrected chi connectivity index (χ1v) is 7.64. The largest absolute Gasteiger partial charge is 0.255 e. The van der Waals surface area contributed by atoms with Crippen LogP contribution in [0.2, 0.25) is 0 Å². The van der Waals surface area contributed by atoms with E-state index in [2.05, 4.69) is 47.5 Å². The second-order valence-corrected chi connectivity index (χ2v) is 5.67. The summed E-state index contributed by atoms with van der Waals surface area (Å²) in [5.41, 5.74) is 2.10. The topological polar surface area (TPSA) is 12.4 Å². The molecule has 3 aromatic carbocycles. The van der Waals surface area contributed by atoms with Crippen molar-refractivity contribution in [1.29, 1.82) is 0 Å². The molecule has 3 rings (SSSR count). The summed E-state index contributed by atoms with van der Waals surface area (Å²) in [6.07, 6.45) is 1.91. The maximum atomic E-state index is 4.63. The zero-order valence-corrected chi connectivity index (χ0v) is 12.3. The van der Waals surface area contributed by atoms with Crippen molar-refractivity contribution in [3.63, 3.8) is 0 Å². The molecule has 0 fully saturated rings. The van der Waals surface area contributed by atoms with Gasteiger partial charge in [-0.25, -0.2) is 0 Å². The fraction of sp³-hybridized carbons (Fsp3) is 0. The molecular weight excluding hydrogens is 274 g/mol. The van der Waals surface area contributed by atoms with Gasteiger partial charge in [-0.3, -0.25) is 4.99 Å². The Hall–Kier alpha value is -2.32. The first-order valence-electron chi connectivity index (χ1n) is 6.83. The second kappa shape index (κ2) is 6.91. The van der Waals surface area contributed by atoms with E-state index in [0.29, 0.717) is 0 Å². The van der Waals surface area contributed by atoms with Crippen LogP contribution in [-0.4, -0.2) is 6.21 Å². The highest BCUT2D eigenvalue weighted by Gasteiger charge is 2.02. The Labute approximate surface area is 129 Å². The summed E-state index contributed by atoms with van der Waals surface area (Å²) in [7, 11) is 0. The lowest BCUT2D eigenvalue weighted by Crippen LogP contribution is -1.80. The number of para-hydroxylation sites is 1. The summed E-state index contributed by atoms with van der Waals surface area (Å²) >= 11 is 1.74. The van der Waals surface area contributed by atoms with E-state index in [1.165, 1.54) is 4.90 Å². The molecule has 0 aromatic heterocycles. The number of aliphatic imine (C=N–C) groups is 1. The SMILES string of the molecule is C(=Nc1ccccc1Sc1ccccc1)c1ccccc1. The van der Waals surface area contributed by atoms with Crippen LogP contribution >= 0.6 is 11.8 Å². The monoisotopic (exact) mass is 289 g/mol. The molecule has 0 aliphatic heterocycles. The quantitative estimate of drug-likeness (QED) is 0.570. The van der Waals surface area contributed by atoms with Crippen molar-refractivity contribution in [2.45, 2.75) is 9.79 Å². The summed E-state index contributed by atoms with van der Waals surface area (Å²) < 4.78 is 0. The molecule has 0 saturated heterocycles. The molecule has 0 unspecified atom stereocenters. The molecule has 0 aliphatic carbocycles. The molecule has 0 heterocycles. The van der Waals surface area contributed by atoms with E-state index in [9.17, 15) is 0 Å². The van der Waals surface area contributed by atoms with Gasteiger partial charge >= 0.3 is 0 Å². The van der Waals surface area contributed by atoms with E-state index in [1.807, 2.05) is 48.7 Å². The van der Waals surface area contributed by atoms with Crippen LogP contribution in [-0.2, 0) is 0 Å². The maximum Gasteiger partial charge on any atom is 0.0769 e. The van der Waals surface area contributed by atoms with Gasteiger partial charge in [0.2, 0.25) is 0 Å². The van der Waals surface area contributed by atoms with Crippen molar-refractivity contribution in [3.05, 3.63) is 90.5 Å². The lowest BCUT2D eigenvalue weighted by atomic mass is 10.2. The molecule has 0 amide bonds. The van der Waals surface area contributed by atoms with Gasteiger partial charge in [0, 0.05) is 16.0 Å². The Kier molecular flexibility index (Phi) is 4.49. The molecule has 21 heavy (non-hydrogen) atoms. The van der Waals surface area contributed by atoms with E-state index in [4.69, 9.17) is 0 Å². The molecular formula is C19H15NS. The molecule has 0 atom stereocenters. The van der Waals surface area contributed by atoms with Gasteiger partial charge in [-0.15, -0.1) is 0 Å². The normalized spacial score (nSPS) is 10.9. The minimum atomic E-state index is 0.996. The van der Waals surface area contributed by atoms with E-state index < -0.39 is 0 Å². The summed E-state index contributed by atoms with van der Waals surface area (Å²) in [6.45, 7) is 0. The molecule has 1 nitrogen and oxygen atoms in total. The third kappa shape index (κ3) is 3.83. The molecule has 102 valence electrons. The maximum absolute atomic E-state index is 4.63. The molecule has 2 heteroatoms. The highest BCUT2D eigenvalue weighted by atomic mass is 32.2. The number of hydrogen-bond donors (Lipinski definition) is 0. The Bertz CT molecular complexity index is 721. The first kappa shape index (κ1) is 13.7. The Morgan fingerprint density at radius 1 is 0.667 bits per heavy atom. The van der Waals surface area contributed by atoms with Crippen LogP contribution in [0, 0.1) is 0 Å². The summed E-state index contributed by atoms with van der Waals surface area (Å²) in [6, 6.07) is 28.7. The van der Waals surface area contributed by atoms with Crippen LogP contribution in [0.25, 0.3) is 0 Å². The van der Waals surface area contributed by atoms with Crippen LogP contribution in [0.15, 0.2) is 99.7 Å². The predicted octanol–water partition coefficient (Wildman–Crippen LogP) is 5.59. The average Bonchev–Trinajstić information content (AvgIpc) is 2.56. The van der Waals surface area contributed by atoms with E-state index in [1.54, 1.807) is 11.8 Å². The standard InChI is InChI=1S/C19H15NS/c1-3-9-16(10-4-1)15-20-18-13-7-8-14-19(18)21-17-11-5-2-6-12-17/h1-15H. The van der Waals surface area contributed by atoms with Crippen LogP contribution in [0.1, 0.15) is 5.56 Å². The first-order chi connectivity index (χ1) is 10.4. The number of benzene rings is 3. The fourth-order valence-electron chi connectivity index (χ4n) is 1.95. The van der Waals surface area contributed by atoms with Gasteiger partial charge in [0.25, 0.3) is 0 Å². The van der Waals surface area contributed by atoms with Crippen molar-refractivity contribution >= 4 is 23.7 Å². The molecule has 3 aromatic rings. The van der Waals surface area contributed by atoms with Crippen molar-refractivity contribution < 1.29 is 0 Å².